The molecule has 13 heavy (non-hydrogen) atoms. The maximum absolute atomic E-state index is 5.27. The van der Waals surface area contributed by atoms with Gasteiger partial charge in [0.1, 0.15) is 0 Å². The van der Waals surface area contributed by atoms with Crippen molar-refractivity contribution in [1.29, 1.82) is 0 Å². The van der Waals surface area contributed by atoms with Crippen LogP contribution in [0.3, 0.4) is 0 Å². The molecule has 0 saturated carbocycles. The zero-order valence-electron chi connectivity index (χ0n) is 7.20. The summed E-state index contributed by atoms with van der Waals surface area (Å²) < 4.78 is 5.27. The fourth-order valence-electron chi connectivity index (χ4n) is 1.51. The number of nitrogens with zero attached hydrogens (tertiary/aromatic N) is 2. The summed E-state index contributed by atoms with van der Waals surface area (Å²) in [5.74, 6) is 4.07. The van der Waals surface area contributed by atoms with E-state index in [2.05, 4.69) is 26.1 Å². The molecule has 2 heterocycles. The number of aromatic nitrogens is 2. The van der Waals surface area contributed by atoms with Crippen LogP contribution in [0.25, 0.3) is 0 Å². The van der Waals surface area contributed by atoms with Crippen molar-refractivity contribution in [3.8, 4) is 0 Å². The number of rotatable bonds is 2. The molecule has 0 bridgehead atoms. The van der Waals surface area contributed by atoms with Crippen LogP contribution in [0.4, 0.5) is 0 Å². The van der Waals surface area contributed by atoms with Gasteiger partial charge < -0.3 is 4.42 Å². The van der Waals surface area contributed by atoms with E-state index in [1.807, 2.05) is 11.8 Å². The molecule has 1 aliphatic heterocycles. The van der Waals surface area contributed by atoms with E-state index in [0.717, 1.165) is 18.2 Å². The molecule has 2 rings (SSSR count). The molecular formula is C8H11BrN2OS. The van der Waals surface area contributed by atoms with E-state index in [4.69, 9.17) is 4.42 Å². The normalized spacial score (nSPS) is 19.2. The van der Waals surface area contributed by atoms with Crippen LogP contribution in [0.5, 0.6) is 0 Å². The summed E-state index contributed by atoms with van der Waals surface area (Å²) >= 11 is 5.19. The molecule has 0 N–H and O–H groups in total. The Labute approximate surface area is 89.8 Å². The Bertz CT molecular complexity index is 273. The van der Waals surface area contributed by atoms with E-state index in [1.54, 1.807) is 0 Å². The smallest absolute Gasteiger partial charge is 0.284 e. The van der Waals surface area contributed by atoms with Gasteiger partial charge in [0.15, 0.2) is 0 Å². The Hall–Kier alpha value is -0.0300. The third-order valence-corrected chi connectivity index (χ3v) is 3.62. The average molecular weight is 263 g/mol. The molecule has 72 valence electrons. The highest BCUT2D eigenvalue weighted by Gasteiger charge is 2.16. The molecule has 0 spiro atoms. The minimum Gasteiger partial charge on any atom is -0.416 e. The molecule has 1 saturated heterocycles. The van der Waals surface area contributed by atoms with Crippen LogP contribution in [0, 0.1) is 5.92 Å². The summed E-state index contributed by atoms with van der Waals surface area (Å²) in [6.45, 7) is 0. The molecule has 1 fully saturated rings. The highest BCUT2D eigenvalue weighted by Crippen LogP contribution is 2.25. The van der Waals surface area contributed by atoms with E-state index in [9.17, 15) is 0 Å². The lowest BCUT2D eigenvalue weighted by molar-refractivity contribution is 0.399. The molecule has 0 aliphatic carbocycles. The second-order valence-electron chi connectivity index (χ2n) is 3.21. The first-order valence-corrected chi connectivity index (χ1v) is 6.35. The highest BCUT2D eigenvalue weighted by molar-refractivity contribution is 9.10. The Balaban J connectivity index is 1.89. The number of hydrogen-bond donors (Lipinski definition) is 0. The first-order chi connectivity index (χ1) is 6.34. The van der Waals surface area contributed by atoms with Gasteiger partial charge in [0.25, 0.3) is 4.80 Å². The lowest BCUT2D eigenvalue weighted by Crippen LogP contribution is -2.12. The second kappa shape index (κ2) is 4.46. The van der Waals surface area contributed by atoms with E-state index in [0.29, 0.717) is 4.80 Å². The Morgan fingerprint density at radius 2 is 2.15 bits per heavy atom. The van der Waals surface area contributed by atoms with E-state index >= 15 is 0 Å². The molecule has 1 aromatic rings. The molecule has 0 aromatic carbocycles. The van der Waals surface area contributed by atoms with Crippen molar-refractivity contribution < 1.29 is 4.42 Å². The van der Waals surface area contributed by atoms with Gasteiger partial charge in [-0.1, -0.05) is 0 Å². The molecule has 0 amide bonds. The van der Waals surface area contributed by atoms with Gasteiger partial charge in [0.05, 0.1) is 0 Å². The maximum atomic E-state index is 5.27. The minimum atomic E-state index is 0.493. The summed E-state index contributed by atoms with van der Waals surface area (Å²) in [5, 5.41) is 7.72. The molecular weight excluding hydrogens is 252 g/mol. The van der Waals surface area contributed by atoms with Gasteiger partial charge in [-0.25, -0.2) is 0 Å². The molecule has 0 unspecified atom stereocenters. The van der Waals surface area contributed by atoms with Gasteiger partial charge in [-0.05, 0) is 30.3 Å². The summed E-state index contributed by atoms with van der Waals surface area (Å²) in [6.07, 6.45) is 3.51. The number of hydrogen-bond acceptors (Lipinski definition) is 4. The van der Waals surface area contributed by atoms with Gasteiger partial charge in [0.2, 0.25) is 5.89 Å². The van der Waals surface area contributed by atoms with Crippen LogP contribution < -0.4 is 0 Å². The van der Waals surface area contributed by atoms with Crippen LogP contribution in [0.1, 0.15) is 18.7 Å². The van der Waals surface area contributed by atoms with Crippen LogP contribution >= 0.6 is 27.7 Å². The third kappa shape index (κ3) is 2.71. The summed E-state index contributed by atoms with van der Waals surface area (Å²) in [5.41, 5.74) is 0. The third-order valence-electron chi connectivity index (χ3n) is 2.25. The van der Waals surface area contributed by atoms with Crippen molar-refractivity contribution in [2.45, 2.75) is 19.3 Å². The van der Waals surface area contributed by atoms with Crippen molar-refractivity contribution in [3.05, 3.63) is 10.7 Å². The van der Waals surface area contributed by atoms with Crippen molar-refractivity contribution in [2.24, 2.45) is 5.92 Å². The first-order valence-electron chi connectivity index (χ1n) is 4.40. The van der Waals surface area contributed by atoms with Gasteiger partial charge >= 0.3 is 0 Å². The predicted octanol–water partition coefficient (Wildman–Crippen LogP) is 2.52. The fourth-order valence-corrected chi connectivity index (χ4v) is 2.98. The topological polar surface area (TPSA) is 38.9 Å². The van der Waals surface area contributed by atoms with E-state index in [-0.39, 0.29) is 0 Å². The van der Waals surface area contributed by atoms with Crippen LogP contribution in [0.2, 0.25) is 0 Å². The SMILES string of the molecule is Brc1nnc(CC2CCSCC2)o1. The molecule has 1 aliphatic rings. The van der Waals surface area contributed by atoms with Crippen LogP contribution in [0.15, 0.2) is 9.22 Å². The van der Waals surface area contributed by atoms with Gasteiger partial charge in [-0.15, -0.1) is 10.2 Å². The van der Waals surface area contributed by atoms with Gasteiger partial charge in [-0.2, -0.15) is 11.8 Å². The molecule has 0 radical (unpaired) electrons. The van der Waals surface area contributed by atoms with Crippen molar-refractivity contribution in [1.82, 2.24) is 10.2 Å². The van der Waals surface area contributed by atoms with Crippen molar-refractivity contribution in [2.75, 3.05) is 11.5 Å². The zero-order chi connectivity index (χ0) is 9.10. The molecule has 1 aromatic heterocycles. The average Bonchev–Trinajstić information content (AvgIpc) is 2.53. The van der Waals surface area contributed by atoms with Crippen molar-refractivity contribution >= 4 is 27.7 Å². The maximum Gasteiger partial charge on any atom is 0.284 e. The lowest BCUT2D eigenvalue weighted by atomic mass is 9.99. The standard InChI is InChI=1S/C8H11BrN2OS/c9-8-11-10-7(12-8)5-6-1-3-13-4-2-6/h6H,1-5H2. The second-order valence-corrected chi connectivity index (χ2v) is 5.11. The minimum absolute atomic E-state index is 0.493. The van der Waals surface area contributed by atoms with Crippen LogP contribution in [-0.2, 0) is 6.42 Å². The molecule has 5 heteroatoms. The quantitative estimate of drug-likeness (QED) is 0.821. The van der Waals surface area contributed by atoms with Gasteiger partial charge in [-0.3, -0.25) is 0 Å². The Morgan fingerprint density at radius 3 is 2.77 bits per heavy atom. The summed E-state index contributed by atoms with van der Waals surface area (Å²) in [7, 11) is 0. The largest absolute Gasteiger partial charge is 0.416 e. The fraction of sp³-hybridized carbons (Fsp3) is 0.750. The number of halogens is 1. The van der Waals surface area contributed by atoms with Crippen LogP contribution in [-0.4, -0.2) is 21.7 Å². The first kappa shape index (κ1) is 9.52. The monoisotopic (exact) mass is 262 g/mol. The number of thioether (sulfide) groups is 1. The molecule has 0 atom stereocenters. The summed E-state index contributed by atoms with van der Waals surface area (Å²) in [4.78, 5) is 0.493. The lowest BCUT2D eigenvalue weighted by Gasteiger charge is -2.19. The molecule has 3 nitrogen and oxygen atoms in total. The Morgan fingerprint density at radius 1 is 1.38 bits per heavy atom. The Kier molecular flexibility index (Phi) is 3.27. The zero-order valence-corrected chi connectivity index (χ0v) is 9.60. The summed E-state index contributed by atoms with van der Waals surface area (Å²) in [6, 6.07) is 0. The highest BCUT2D eigenvalue weighted by atomic mass is 79.9. The predicted molar refractivity (Wildman–Crippen MR) is 55.8 cm³/mol. The van der Waals surface area contributed by atoms with Crippen molar-refractivity contribution in [3.63, 3.8) is 0 Å². The van der Waals surface area contributed by atoms with Gasteiger partial charge in [0, 0.05) is 22.4 Å². The van der Waals surface area contributed by atoms with E-state index < -0.39 is 0 Å². The van der Waals surface area contributed by atoms with E-state index in [1.165, 1.54) is 24.3 Å².